The SMILES string of the molecule is CCCn1c(SCC(=O)O)nnc1-c1ccncc1F. The lowest BCUT2D eigenvalue weighted by atomic mass is 10.2. The van der Waals surface area contributed by atoms with Gasteiger partial charge in [-0.2, -0.15) is 0 Å². The van der Waals surface area contributed by atoms with Gasteiger partial charge in [0, 0.05) is 12.7 Å². The van der Waals surface area contributed by atoms with Gasteiger partial charge in [0.05, 0.1) is 17.5 Å². The minimum Gasteiger partial charge on any atom is -0.481 e. The number of rotatable bonds is 6. The highest BCUT2D eigenvalue weighted by atomic mass is 32.2. The maximum Gasteiger partial charge on any atom is 0.313 e. The number of hydrogen-bond donors (Lipinski definition) is 1. The van der Waals surface area contributed by atoms with Crippen LogP contribution in [0.15, 0.2) is 23.6 Å². The first-order chi connectivity index (χ1) is 9.63. The van der Waals surface area contributed by atoms with E-state index in [1.807, 2.05) is 6.92 Å². The molecule has 0 fully saturated rings. The fourth-order valence-electron chi connectivity index (χ4n) is 1.70. The molecule has 2 heterocycles. The molecule has 8 heteroatoms. The van der Waals surface area contributed by atoms with E-state index in [-0.39, 0.29) is 5.75 Å². The second-order valence-electron chi connectivity index (χ2n) is 4.00. The molecule has 106 valence electrons. The van der Waals surface area contributed by atoms with Crippen molar-refractivity contribution in [3.63, 3.8) is 0 Å². The Labute approximate surface area is 119 Å². The summed E-state index contributed by atoms with van der Waals surface area (Å²) in [4.78, 5) is 14.3. The van der Waals surface area contributed by atoms with Crippen LogP contribution in [0.1, 0.15) is 13.3 Å². The summed E-state index contributed by atoms with van der Waals surface area (Å²) < 4.78 is 15.5. The van der Waals surface area contributed by atoms with E-state index in [9.17, 15) is 9.18 Å². The minimum absolute atomic E-state index is 0.110. The maximum atomic E-state index is 13.8. The molecule has 0 saturated carbocycles. The van der Waals surface area contributed by atoms with E-state index >= 15 is 0 Å². The summed E-state index contributed by atoms with van der Waals surface area (Å²) in [6.07, 6.45) is 3.40. The lowest BCUT2D eigenvalue weighted by Crippen LogP contribution is -2.05. The van der Waals surface area contributed by atoms with Crippen molar-refractivity contribution in [1.29, 1.82) is 0 Å². The molecule has 0 atom stereocenters. The summed E-state index contributed by atoms with van der Waals surface area (Å²) in [5.74, 6) is -1.13. The van der Waals surface area contributed by atoms with Gasteiger partial charge in [0.2, 0.25) is 0 Å². The second kappa shape index (κ2) is 6.47. The van der Waals surface area contributed by atoms with E-state index in [0.717, 1.165) is 24.4 Å². The van der Waals surface area contributed by atoms with Crippen LogP contribution in [0.25, 0.3) is 11.4 Å². The number of pyridine rings is 1. The molecule has 0 bridgehead atoms. The van der Waals surface area contributed by atoms with Gasteiger partial charge < -0.3 is 9.67 Å². The molecular formula is C12H13FN4O2S. The summed E-state index contributed by atoms with van der Waals surface area (Å²) in [5.41, 5.74) is 0.308. The van der Waals surface area contributed by atoms with Crippen LogP contribution in [-0.4, -0.2) is 36.6 Å². The summed E-state index contributed by atoms with van der Waals surface area (Å²) in [6.45, 7) is 2.56. The van der Waals surface area contributed by atoms with Crippen molar-refractivity contribution in [3.05, 3.63) is 24.3 Å². The van der Waals surface area contributed by atoms with Crippen LogP contribution < -0.4 is 0 Å². The maximum absolute atomic E-state index is 13.8. The monoisotopic (exact) mass is 296 g/mol. The summed E-state index contributed by atoms with van der Waals surface area (Å²) in [5, 5.41) is 17.1. The first-order valence-electron chi connectivity index (χ1n) is 6.01. The number of thioether (sulfide) groups is 1. The normalized spacial score (nSPS) is 10.7. The molecule has 0 aromatic carbocycles. The molecule has 2 rings (SSSR count). The average Bonchev–Trinajstić information content (AvgIpc) is 2.80. The minimum atomic E-state index is -0.933. The Hall–Kier alpha value is -1.96. The Kier molecular flexibility index (Phi) is 4.67. The van der Waals surface area contributed by atoms with Gasteiger partial charge in [-0.3, -0.25) is 9.78 Å². The topological polar surface area (TPSA) is 80.9 Å². The van der Waals surface area contributed by atoms with Crippen LogP contribution in [0.5, 0.6) is 0 Å². The Morgan fingerprint density at radius 3 is 2.95 bits per heavy atom. The zero-order valence-corrected chi connectivity index (χ0v) is 11.6. The molecule has 1 N–H and O–H groups in total. The molecule has 6 nitrogen and oxygen atoms in total. The molecule has 0 amide bonds. The quantitative estimate of drug-likeness (QED) is 0.822. The van der Waals surface area contributed by atoms with Gasteiger partial charge in [-0.1, -0.05) is 18.7 Å². The van der Waals surface area contributed by atoms with E-state index in [1.165, 1.54) is 12.3 Å². The van der Waals surface area contributed by atoms with Crippen molar-refractivity contribution in [2.45, 2.75) is 25.0 Å². The van der Waals surface area contributed by atoms with Crippen molar-refractivity contribution in [1.82, 2.24) is 19.7 Å². The third-order valence-electron chi connectivity index (χ3n) is 2.50. The number of hydrogen-bond acceptors (Lipinski definition) is 5. The van der Waals surface area contributed by atoms with Gasteiger partial charge in [0.15, 0.2) is 16.8 Å². The van der Waals surface area contributed by atoms with Crippen molar-refractivity contribution >= 4 is 17.7 Å². The van der Waals surface area contributed by atoms with E-state index in [1.54, 1.807) is 4.57 Å². The number of carboxylic acids is 1. The first kappa shape index (κ1) is 14.4. The van der Waals surface area contributed by atoms with Gasteiger partial charge >= 0.3 is 5.97 Å². The van der Waals surface area contributed by atoms with Crippen LogP contribution in [0.4, 0.5) is 4.39 Å². The third-order valence-corrected chi connectivity index (χ3v) is 3.45. The van der Waals surface area contributed by atoms with Gasteiger partial charge in [-0.25, -0.2) is 4.39 Å². The van der Waals surface area contributed by atoms with E-state index < -0.39 is 11.8 Å². The Morgan fingerprint density at radius 1 is 1.50 bits per heavy atom. The smallest absolute Gasteiger partial charge is 0.313 e. The highest BCUT2D eigenvalue weighted by Gasteiger charge is 2.17. The lowest BCUT2D eigenvalue weighted by molar-refractivity contribution is -0.133. The number of nitrogens with zero attached hydrogens (tertiary/aromatic N) is 4. The van der Waals surface area contributed by atoms with Gasteiger partial charge in [-0.05, 0) is 12.5 Å². The second-order valence-corrected chi connectivity index (χ2v) is 4.94. The first-order valence-corrected chi connectivity index (χ1v) is 6.99. The number of aromatic nitrogens is 4. The van der Waals surface area contributed by atoms with Crippen molar-refractivity contribution in [2.24, 2.45) is 0 Å². The van der Waals surface area contributed by atoms with Crippen LogP contribution in [0.2, 0.25) is 0 Å². The van der Waals surface area contributed by atoms with E-state index in [0.29, 0.717) is 23.1 Å². The number of carbonyl (C=O) groups is 1. The summed E-state index contributed by atoms with van der Waals surface area (Å²) >= 11 is 1.07. The van der Waals surface area contributed by atoms with Gasteiger partial charge in [-0.15, -0.1) is 10.2 Å². The zero-order chi connectivity index (χ0) is 14.5. The number of aliphatic carboxylic acids is 1. The van der Waals surface area contributed by atoms with E-state index in [4.69, 9.17) is 5.11 Å². The molecule has 0 spiro atoms. The Bertz CT molecular complexity index is 617. The summed E-state index contributed by atoms with van der Waals surface area (Å²) in [7, 11) is 0. The molecule has 0 saturated heterocycles. The van der Waals surface area contributed by atoms with Crippen molar-refractivity contribution in [3.8, 4) is 11.4 Å². The standard InChI is InChI=1S/C12H13FN4O2S/c1-2-5-17-11(8-3-4-14-6-9(8)13)15-16-12(17)20-7-10(18)19/h3-4,6H,2,5,7H2,1H3,(H,18,19). The molecule has 2 aromatic heterocycles. The fraction of sp³-hybridized carbons (Fsp3) is 0.333. The number of halogens is 1. The highest BCUT2D eigenvalue weighted by molar-refractivity contribution is 7.99. The Balaban J connectivity index is 2.38. The van der Waals surface area contributed by atoms with Gasteiger partial charge in [0.1, 0.15) is 0 Å². The molecule has 0 aliphatic rings. The van der Waals surface area contributed by atoms with Crippen LogP contribution >= 0.6 is 11.8 Å². The fourth-order valence-corrected chi connectivity index (χ4v) is 2.39. The molecule has 20 heavy (non-hydrogen) atoms. The van der Waals surface area contributed by atoms with Gasteiger partial charge in [0.25, 0.3) is 0 Å². The van der Waals surface area contributed by atoms with E-state index in [2.05, 4.69) is 15.2 Å². The largest absolute Gasteiger partial charge is 0.481 e. The van der Waals surface area contributed by atoms with Crippen molar-refractivity contribution in [2.75, 3.05) is 5.75 Å². The zero-order valence-electron chi connectivity index (χ0n) is 10.8. The third kappa shape index (κ3) is 3.13. The lowest BCUT2D eigenvalue weighted by Gasteiger charge is -2.08. The van der Waals surface area contributed by atoms with Crippen LogP contribution in [-0.2, 0) is 11.3 Å². The number of carboxylic acid groups (broad SMARTS) is 1. The summed E-state index contributed by atoms with van der Waals surface area (Å²) in [6, 6.07) is 1.52. The van der Waals surface area contributed by atoms with Crippen LogP contribution in [0, 0.1) is 5.82 Å². The highest BCUT2D eigenvalue weighted by Crippen LogP contribution is 2.25. The predicted octanol–water partition coefficient (Wildman–Crippen LogP) is 2.07. The van der Waals surface area contributed by atoms with Crippen molar-refractivity contribution < 1.29 is 14.3 Å². The molecule has 0 radical (unpaired) electrons. The Morgan fingerprint density at radius 2 is 2.30 bits per heavy atom. The molecule has 0 unspecified atom stereocenters. The molecular weight excluding hydrogens is 283 g/mol. The van der Waals surface area contributed by atoms with Crippen LogP contribution in [0.3, 0.4) is 0 Å². The molecule has 2 aromatic rings. The average molecular weight is 296 g/mol. The molecule has 0 aliphatic heterocycles. The predicted molar refractivity (Wildman–Crippen MR) is 71.9 cm³/mol. The molecule has 0 aliphatic carbocycles.